The molecule has 0 unspecified atom stereocenters. The minimum Gasteiger partial charge on any atom is -0.493 e. The summed E-state index contributed by atoms with van der Waals surface area (Å²) in [6.07, 6.45) is 5.14. The molecule has 0 aliphatic heterocycles. The summed E-state index contributed by atoms with van der Waals surface area (Å²) in [5, 5.41) is 2.60. The Morgan fingerprint density at radius 2 is 1.68 bits per heavy atom. The van der Waals surface area contributed by atoms with Crippen LogP contribution >= 0.6 is 0 Å². The monoisotopic (exact) mass is 376 g/mol. The second kappa shape index (κ2) is 7.19. The number of benzene rings is 1. The molecule has 0 radical (unpaired) electrons. The first-order chi connectivity index (χ1) is 13.6. The Kier molecular flexibility index (Phi) is 4.57. The molecule has 28 heavy (non-hydrogen) atoms. The lowest BCUT2D eigenvalue weighted by atomic mass is 10.0. The van der Waals surface area contributed by atoms with Gasteiger partial charge in [0.1, 0.15) is 11.6 Å². The fraction of sp³-hybridized carbons (Fsp3) is 0.190. The fourth-order valence-corrected chi connectivity index (χ4v) is 3.21. The number of methoxy groups -OCH3 is 2. The maximum atomic E-state index is 6.25. The van der Waals surface area contributed by atoms with Gasteiger partial charge in [0.15, 0.2) is 11.5 Å². The Hall–Kier alpha value is -3.61. The van der Waals surface area contributed by atoms with Crippen molar-refractivity contribution >= 4 is 27.5 Å². The van der Waals surface area contributed by atoms with Crippen molar-refractivity contribution in [2.24, 2.45) is 0 Å². The molecule has 3 heterocycles. The molecule has 4 rings (SSSR count). The number of anilines is 1. The third kappa shape index (κ3) is 3.00. The summed E-state index contributed by atoms with van der Waals surface area (Å²) < 4.78 is 16.4. The number of ether oxygens (including phenoxy) is 3. The molecule has 4 aromatic rings. The van der Waals surface area contributed by atoms with Crippen LogP contribution in [0, 0.1) is 0 Å². The summed E-state index contributed by atoms with van der Waals surface area (Å²) in [6.45, 7) is 2.50. The Labute approximate surface area is 162 Å². The molecule has 142 valence electrons. The number of aromatic nitrogens is 3. The lowest BCUT2D eigenvalue weighted by molar-refractivity contribution is 0.339. The molecule has 0 fully saturated rings. The van der Waals surface area contributed by atoms with Crippen molar-refractivity contribution in [3.05, 3.63) is 42.9 Å². The summed E-state index contributed by atoms with van der Waals surface area (Å²) in [7, 11) is 3.21. The third-order valence-corrected chi connectivity index (χ3v) is 4.53. The molecular formula is C21H20N4O3. The van der Waals surface area contributed by atoms with E-state index in [4.69, 9.17) is 19.9 Å². The van der Waals surface area contributed by atoms with E-state index >= 15 is 0 Å². The predicted molar refractivity (Wildman–Crippen MR) is 109 cm³/mol. The quantitative estimate of drug-likeness (QED) is 0.529. The van der Waals surface area contributed by atoms with E-state index < -0.39 is 0 Å². The third-order valence-electron chi connectivity index (χ3n) is 4.53. The number of nitrogen functional groups attached to an aromatic ring is 1. The zero-order valence-corrected chi connectivity index (χ0v) is 15.9. The lowest BCUT2D eigenvalue weighted by Crippen LogP contribution is -1.98. The standard InChI is InChI=1S/C21H20N4O3/c1-4-28-13-5-12(9-23-10-13)17-6-14-15-7-19(26-2)20(27-3)8-18(15)24-11-16(14)21(22)25-17/h5-11H,4H2,1-3H3,(H2,22,25). The second-order valence-corrected chi connectivity index (χ2v) is 6.18. The molecule has 0 spiro atoms. The van der Waals surface area contributed by atoms with Gasteiger partial charge in [-0.3, -0.25) is 9.97 Å². The first-order valence-corrected chi connectivity index (χ1v) is 8.83. The van der Waals surface area contributed by atoms with E-state index in [0.29, 0.717) is 35.4 Å². The van der Waals surface area contributed by atoms with E-state index in [9.17, 15) is 0 Å². The van der Waals surface area contributed by atoms with Crippen molar-refractivity contribution in [1.82, 2.24) is 15.0 Å². The van der Waals surface area contributed by atoms with Gasteiger partial charge < -0.3 is 19.9 Å². The first kappa shape index (κ1) is 17.8. The van der Waals surface area contributed by atoms with Crippen molar-refractivity contribution in [1.29, 1.82) is 0 Å². The molecule has 0 saturated carbocycles. The van der Waals surface area contributed by atoms with Crippen molar-refractivity contribution < 1.29 is 14.2 Å². The normalized spacial score (nSPS) is 11.0. The maximum Gasteiger partial charge on any atom is 0.162 e. The Balaban J connectivity index is 1.97. The van der Waals surface area contributed by atoms with E-state index in [1.165, 1.54) is 0 Å². The minimum absolute atomic E-state index is 0.401. The maximum absolute atomic E-state index is 6.25. The van der Waals surface area contributed by atoms with Gasteiger partial charge in [0.2, 0.25) is 0 Å². The smallest absolute Gasteiger partial charge is 0.162 e. The molecule has 3 aromatic heterocycles. The molecule has 0 atom stereocenters. The second-order valence-electron chi connectivity index (χ2n) is 6.18. The number of pyridine rings is 3. The van der Waals surface area contributed by atoms with E-state index in [-0.39, 0.29) is 0 Å². The summed E-state index contributed by atoms with van der Waals surface area (Å²) in [5.41, 5.74) is 8.56. The highest BCUT2D eigenvalue weighted by atomic mass is 16.5. The van der Waals surface area contributed by atoms with Gasteiger partial charge in [-0.15, -0.1) is 0 Å². The number of nitrogens with two attached hydrogens (primary N) is 1. The molecule has 0 bridgehead atoms. The highest BCUT2D eigenvalue weighted by Gasteiger charge is 2.13. The van der Waals surface area contributed by atoms with Crippen LogP contribution in [0.25, 0.3) is 32.9 Å². The number of nitrogens with zero attached hydrogens (tertiary/aromatic N) is 3. The van der Waals surface area contributed by atoms with Crippen LogP contribution < -0.4 is 19.9 Å². The predicted octanol–water partition coefficient (Wildman–Crippen LogP) is 3.84. The highest BCUT2D eigenvalue weighted by Crippen LogP contribution is 2.37. The van der Waals surface area contributed by atoms with Crippen LogP contribution in [0.1, 0.15) is 6.92 Å². The molecule has 0 aliphatic carbocycles. The van der Waals surface area contributed by atoms with Gasteiger partial charge >= 0.3 is 0 Å². The van der Waals surface area contributed by atoms with Crippen molar-refractivity contribution in [3.63, 3.8) is 0 Å². The molecule has 0 amide bonds. The first-order valence-electron chi connectivity index (χ1n) is 8.83. The topological polar surface area (TPSA) is 92.4 Å². The fourth-order valence-electron chi connectivity index (χ4n) is 3.21. The Morgan fingerprint density at radius 3 is 2.43 bits per heavy atom. The minimum atomic E-state index is 0.401. The lowest BCUT2D eigenvalue weighted by Gasteiger charge is -2.12. The van der Waals surface area contributed by atoms with Gasteiger partial charge in [-0.1, -0.05) is 0 Å². The molecule has 0 aliphatic rings. The zero-order valence-electron chi connectivity index (χ0n) is 15.9. The molecular weight excluding hydrogens is 356 g/mol. The van der Waals surface area contributed by atoms with Crippen LogP contribution in [0.2, 0.25) is 0 Å². The van der Waals surface area contributed by atoms with Crippen LogP contribution in [0.4, 0.5) is 5.82 Å². The summed E-state index contributed by atoms with van der Waals surface area (Å²) in [6, 6.07) is 7.63. The zero-order chi connectivity index (χ0) is 19.7. The summed E-state index contributed by atoms with van der Waals surface area (Å²) in [4.78, 5) is 13.3. The Bertz CT molecular complexity index is 1180. The molecule has 2 N–H and O–H groups in total. The van der Waals surface area contributed by atoms with Gasteiger partial charge in [-0.2, -0.15) is 0 Å². The molecule has 0 saturated heterocycles. The van der Waals surface area contributed by atoms with Gasteiger partial charge in [0.25, 0.3) is 0 Å². The number of hydrogen-bond acceptors (Lipinski definition) is 7. The van der Waals surface area contributed by atoms with Crippen LogP contribution in [-0.2, 0) is 0 Å². The van der Waals surface area contributed by atoms with Crippen LogP contribution in [-0.4, -0.2) is 35.8 Å². The van der Waals surface area contributed by atoms with Gasteiger partial charge in [-0.25, -0.2) is 4.98 Å². The Morgan fingerprint density at radius 1 is 0.893 bits per heavy atom. The number of fused-ring (bicyclic) bond motifs is 3. The van der Waals surface area contributed by atoms with Crippen molar-refractivity contribution in [2.75, 3.05) is 26.6 Å². The average Bonchev–Trinajstić information content (AvgIpc) is 2.72. The number of hydrogen-bond donors (Lipinski definition) is 1. The largest absolute Gasteiger partial charge is 0.493 e. The molecule has 1 aromatic carbocycles. The molecule has 7 heteroatoms. The van der Waals surface area contributed by atoms with Crippen molar-refractivity contribution in [2.45, 2.75) is 6.92 Å². The van der Waals surface area contributed by atoms with Crippen LogP contribution in [0.3, 0.4) is 0 Å². The van der Waals surface area contributed by atoms with Gasteiger partial charge in [0.05, 0.1) is 38.2 Å². The van der Waals surface area contributed by atoms with Crippen LogP contribution in [0.5, 0.6) is 17.2 Å². The average molecular weight is 376 g/mol. The number of rotatable bonds is 5. The van der Waals surface area contributed by atoms with Crippen LogP contribution in [0.15, 0.2) is 42.9 Å². The summed E-state index contributed by atoms with van der Waals surface area (Å²) in [5.74, 6) is 2.34. The van der Waals surface area contributed by atoms with Gasteiger partial charge in [0, 0.05) is 34.8 Å². The highest BCUT2D eigenvalue weighted by molar-refractivity contribution is 6.10. The van der Waals surface area contributed by atoms with E-state index in [2.05, 4.69) is 15.0 Å². The van der Waals surface area contributed by atoms with E-state index in [0.717, 1.165) is 27.2 Å². The molecule has 7 nitrogen and oxygen atoms in total. The SMILES string of the molecule is CCOc1cncc(-c2cc3c(cnc4cc(OC)c(OC)cc43)c(N)n2)c1. The van der Waals surface area contributed by atoms with E-state index in [1.54, 1.807) is 32.8 Å². The van der Waals surface area contributed by atoms with Gasteiger partial charge in [-0.05, 0) is 30.5 Å². The summed E-state index contributed by atoms with van der Waals surface area (Å²) >= 11 is 0. The van der Waals surface area contributed by atoms with Crippen molar-refractivity contribution in [3.8, 4) is 28.5 Å². The van der Waals surface area contributed by atoms with E-state index in [1.807, 2.05) is 31.2 Å².